The van der Waals surface area contributed by atoms with Crippen molar-refractivity contribution in [2.75, 3.05) is 0 Å². The molecule has 0 bridgehead atoms. The van der Waals surface area contributed by atoms with Gasteiger partial charge < -0.3 is 0 Å². The molecule has 0 unspecified atom stereocenters. The summed E-state index contributed by atoms with van der Waals surface area (Å²) >= 11 is 0. The third-order valence-electron chi connectivity index (χ3n) is 1.78. The zero-order valence-corrected chi connectivity index (χ0v) is 10.1. The van der Waals surface area contributed by atoms with Crippen molar-refractivity contribution in [3.63, 3.8) is 0 Å². The Morgan fingerprint density at radius 3 is 2.00 bits per heavy atom. The molecule has 1 aromatic carbocycles. The topological polar surface area (TPSA) is 0 Å². The summed E-state index contributed by atoms with van der Waals surface area (Å²) in [5.74, 6) is 0. The van der Waals surface area contributed by atoms with E-state index >= 15 is 0 Å². The van der Waals surface area contributed by atoms with Crippen LogP contribution in [0.5, 0.6) is 0 Å². The van der Waals surface area contributed by atoms with Crippen LogP contribution in [-0.2, 0) is 6.42 Å². The van der Waals surface area contributed by atoms with Crippen molar-refractivity contribution in [2.45, 2.75) is 40.5 Å². The van der Waals surface area contributed by atoms with Gasteiger partial charge in [0, 0.05) is 0 Å². The maximum absolute atomic E-state index is 3.00. The zero-order valence-electron chi connectivity index (χ0n) is 10.1. The van der Waals surface area contributed by atoms with Crippen molar-refractivity contribution in [1.29, 1.82) is 0 Å². The Labute approximate surface area is 89.7 Å². The summed E-state index contributed by atoms with van der Waals surface area (Å²) in [7, 11) is 0. The van der Waals surface area contributed by atoms with Crippen LogP contribution >= 0.6 is 0 Å². The van der Waals surface area contributed by atoms with E-state index < -0.39 is 0 Å². The molecule has 0 amide bonds. The molecule has 0 radical (unpaired) electrons. The van der Waals surface area contributed by atoms with Gasteiger partial charge in [-0.25, -0.2) is 0 Å². The van der Waals surface area contributed by atoms with Crippen LogP contribution in [-0.4, -0.2) is 0 Å². The third kappa shape index (κ3) is 6.47. The standard InChI is InChI=1S/C10H14.C2H6.C2H4/c1-3-6-10-8-5-4-7-9(10)2;2*1-2/h4-5,7-8H,3,6H2,1-2H3;1-2H3;1-2H2. The number of aryl methyl sites for hydroxylation is 2. The maximum atomic E-state index is 3.00. The van der Waals surface area contributed by atoms with Crippen LogP contribution in [0.1, 0.15) is 38.3 Å². The third-order valence-corrected chi connectivity index (χ3v) is 1.78. The molecule has 0 fully saturated rings. The Balaban J connectivity index is 0. The zero-order chi connectivity index (χ0) is 11.4. The molecule has 0 aliphatic heterocycles. The van der Waals surface area contributed by atoms with Gasteiger partial charge in [0.1, 0.15) is 0 Å². The van der Waals surface area contributed by atoms with Crippen molar-refractivity contribution in [2.24, 2.45) is 0 Å². The summed E-state index contributed by atoms with van der Waals surface area (Å²) in [5, 5.41) is 0. The molecular weight excluding hydrogens is 168 g/mol. The van der Waals surface area contributed by atoms with E-state index in [-0.39, 0.29) is 0 Å². The molecule has 1 aromatic rings. The number of benzene rings is 1. The molecule has 0 atom stereocenters. The summed E-state index contributed by atoms with van der Waals surface area (Å²) in [6.07, 6.45) is 2.46. The predicted octanol–water partition coefficient (Wildman–Crippen LogP) is 4.78. The minimum atomic E-state index is 1.21. The van der Waals surface area contributed by atoms with Crippen LogP contribution in [0.2, 0.25) is 0 Å². The highest BCUT2D eigenvalue weighted by atomic mass is 14.0. The second-order valence-corrected chi connectivity index (χ2v) is 2.68. The van der Waals surface area contributed by atoms with Crippen molar-refractivity contribution >= 4 is 0 Å². The van der Waals surface area contributed by atoms with E-state index in [0.717, 1.165) is 0 Å². The first kappa shape index (κ1) is 15.4. The van der Waals surface area contributed by atoms with Crippen LogP contribution in [0, 0.1) is 6.92 Å². The van der Waals surface area contributed by atoms with Crippen molar-refractivity contribution in [1.82, 2.24) is 0 Å². The average molecular weight is 192 g/mol. The van der Waals surface area contributed by atoms with E-state index in [1.165, 1.54) is 24.0 Å². The van der Waals surface area contributed by atoms with Crippen molar-refractivity contribution in [3.8, 4) is 0 Å². The molecule has 0 aliphatic rings. The largest absolute Gasteiger partial charge is 0.106 e. The number of rotatable bonds is 2. The van der Waals surface area contributed by atoms with Crippen LogP contribution in [0.15, 0.2) is 37.4 Å². The Morgan fingerprint density at radius 1 is 1.07 bits per heavy atom. The van der Waals surface area contributed by atoms with Crippen LogP contribution in [0.3, 0.4) is 0 Å². The van der Waals surface area contributed by atoms with E-state index in [9.17, 15) is 0 Å². The molecule has 14 heavy (non-hydrogen) atoms. The normalized spacial score (nSPS) is 7.71. The van der Waals surface area contributed by atoms with Crippen molar-refractivity contribution < 1.29 is 0 Å². The highest BCUT2D eigenvalue weighted by Crippen LogP contribution is 2.08. The molecular formula is C14H24. The summed E-state index contributed by atoms with van der Waals surface area (Å²) in [6.45, 7) is 14.4. The van der Waals surface area contributed by atoms with Crippen molar-refractivity contribution in [3.05, 3.63) is 48.6 Å². The molecule has 0 heteroatoms. The molecule has 0 heterocycles. The van der Waals surface area contributed by atoms with E-state index in [1.54, 1.807) is 0 Å². The lowest BCUT2D eigenvalue weighted by Gasteiger charge is -2.01. The predicted molar refractivity (Wildman–Crippen MR) is 67.8 cm³/mol. The number of hydrogen-bond acceptors (Lipinski definition) is 0. The number of hydrogen-bond donors (Lipinski definition) is 0. The smallest absolute Gasteiger partial charge is 0.0279 e. The highest BCUT2D eigenvalue weighted by Gasteiger charge is 1.92. The van der Waals surface area contributed by atoms with Gasteiger partial charge in [0.15, 0.2) is 0 Å². The van der Waals surface area contributed by atoms with Gasteiger partial charge in [-0.3, -0.25) is 0 Å². The SMILES string of the molecule is C=C.CC.CCCc1ccccc1C. The minimum Gasteiger partial charge on any atom is -0.106 e. The lowest BCUT2D eigenvalue weighted by molar-refractivity contribution is 0.913. The average Bonchev–Trinajstić information content (AvgIpc) is 2.28. The fourth-order valence-electron chi connectivity index (χ4n) is 1.16. The van der Waals surface area contributed by atoms with Gasteiger partial charge in [0.25, 0.3) is 0 Å². The summed E-state index contributed by atoms with van der Waals surface area (Å²) < 4.78 is 0. The maximum Gasteiger partial charge on any atom is -0.0279 e. The molecule has 1 rings (SSSR count). The fraction of sp³-hybridized carbons (Fsp3) is 0.429. The molecule has 0 N–H and O–H groups in total. The van der Waals surface area contributed by atoms with Gasteiger partial charge in [-0.1, -0.05) is 51.5 Å². The molecule has 0 nitrogen and oxygen atoms in total. The lowest BCUT2D eigenvalue weighted by Crippen LogP contribution is -1.85. The Morgan fingerprint density at radius 2 is 1.57 bits per heavy atom. The minimum absolute atomic E-state index is 1.21. The Kier molecular flexibility index (Phi) is 13.2. The first-order chi connectivity index (χ1) is 6.84. The van der Waals surface area contributed by atoms with Gasteiger partial charge in [-0.15, -0.1) is 13.2 Å². The molecule has 0 saturated heterocycles. The lowest BCUT2D eigenvalue weighted by atomic mass is 10.1. The first-order valence-corrected chi connectivity index (χ1v) is 5.39. The van der Waals surface area contributed by atoms with Gasteiger partial charge >= 0.3 is 0 Å². The van der Waals surface area contributed by atoms with E-state index in [1.807, 2.05) is 13.8 Å². The first-order valence-electron chi connectivity index (χ1n) is 5.39. The van der Waals surface area contributed by atoms with Gasteiger partial charge in [-0.2, -0.15) is 0 Å². The Bertz CT molecular complexity index is 213. The van der Waals surface area contributed by atoms with E-state index in [2.05, 4.69) is 51.3 Å². The summed E-state index contributed by atoms with van der Waals surface area (Å²) in [6, 6.07) is 8.58. The quantitative estimate of drug-likeness (QED) is 0.592. The van der Waals surface area contributed by atoms with Crippen LogP contribution in [0.4, 0.5) is 0 Å². The van der Waals surface area contributed by atoms with E-state index in [0.29, 0.717) is 0 Å². The summed E-state index contributed by atoms with van der Waals surface area (Å²) in [4.78, 5) is 0. The second-order valence-electron chi connectivity index (χ2n) is 2.68. The molecule has 0 saturated carbocycles. The molecule has 80 valence electrons. The van der Waals surface area contributed by atoms with E-state index in [4.69, 9.17) is 0 Å². The Hall–Kier alpha value is -1.04. The van der Waals surface area contributed by atoms with Gasteiger partial charge in [0.2, 0.25) is 0 Å². The van der Waals surface area contributed by atoms with Crippen LogP contribution in [0.25, 0.3) is 0 Å². The van der Waals surface area contributed by atoms with Crippen LogP contribution < -0.4 is 0 Å². The summed E-state index contributed by atoms with van der Waals surface area (Å²) in [5.41, 5.74) is 2.91. The molecule has 0 aromatic heterocycles. The monoisotopic (exact) mass is 192 g/mol. The fourth-order valence-corrected chi connectivity index (χ4v) is 1.16. The molecule has 0 spiro atoms. The second kappa shape index (κ2) is 12.0. The van der Waals surface area contributed by atoms with Gasteiger partial charge in [0.05, 0.1) is 0 Å². The highest BCUT2D eigenvalue weighted by molar-refractivity contribution is 5.25. The molecule has 0 aliphatic carbocycles. The van der Waals surface area contributed by atoms with Gasteiger partial charge in [-0.05, 0) is 24.5 Å².